The lowest BCUT2D eigenvalue weighted by Crippen LogP contribution is -2.52. The topological polar surface area (TPSA) is 101 Å². The van der Waals surface area contributed by atoms with Gasteiger partial charge in [0.25, 0.3) is 0 Å². The van der Waals surface area contributed by atoms with Crippen LogP contribution in [0.2, 0.25) is 0 Å². The quantitative estimate of drug-likeness (QED) is 0.412. The van der Waals surface area contributed by atoms with Crippen molar-refractivity contribution in [3.8, 4) is 11.8 Å². The molecule has 156 valence electrons. The van der Waals surface area contributed by atoms with E-state index in [0.29, 0.717) is 22.6 Å². The highest BCUT2D eigenvalue weighted by Gasteiger charge is 2.43. The number of rotatable bonds is 7. The number of hydrogen-bond acceptors (Lipinski definition) is 7. The number of nitriles is 1. The second-order valence-corrected chi connectivity index (χ2v) is 8.33. The molecule has 29 heavy (non-hydrogen) atoms. The molecule has 0 aromatic heterocycles. The van der Waals surface area contributed by atoms with Crippen LogP contribution in [0.1, 0.15) is 51.8 Å². The summed E-state index contributed by atoms with van der Waals surface area (Å²) in [4.78, 5) is 10.3. The average molecular weight is 400 g/mol. The maximum absolute atomic E-state index is 10.9. The van der Waals surface area contributed by atoms with Gasteiger partial charge in [-0.25, -0.2) is 4.79 Å². The highest BCUT2D eigenvalue weighted by molar-refractivity contribution is 5.46. The lowest BCUT2D eigenvalue weighted by atomic mass is 9.86. The van der Waals surface area contributed by atoms with Gasteiger partial charge in [0, 0.05) is 11.6 Å². The van der Waals surface area contributed by atoms with Gasteiger partial charge in [0.15, 0.2) is 0 Å². The highest BCUT2D eigenvalue weighted by atomic mass is 16.5. The van der Waals surface area contributed by atoms with Crippen molar-refractivity contribution in [3.05, 3.63) is 47.4 Å². The zero-order valence-corrected chi connectivity index (χ0v) is 17.5. The molecule has 0 saturated heterocycles. The molecule has 7 nitrogen and oxygen atoms in total. The van der Waals surface area contributed by atoms with Gasteiger partial charge in [-0.3, -0.25) is 0 Å². The largest absolute Gasteiger partial charge is 0.493 e. The Morgan fingerprint density at radius 3 is 2.76 bits per heavy atom. The van der Waals surface area contributed by atoms with E-state index < -0.39 is 23.3 Å². The van der Waals surface area contributed by atoms with Gasteiger partial charge in [0.2, 0.25) is 0 Å². The van der Waals surface area contributed by atoms with Crippen molar-refractivity contribution >= 4 is 5.94 Å². The number of carbonyl (C=O) groups excluding carboxylic acids is 1. The van der Waals surface area contributed by atoms with Crippen molar-refractivity contribution in [1.82, 2.24) is 5.32 Å². The Balaban J connectivity index is 2.27. The van der Waals surface area contributed by atoms with Gasteiger partial charge in [-0.2, -0.15) is 5.26 Å². The molecule has 1 aromatic rings. The molecule has 0 fully saturated rings. The number of fused-ring (bicyclic) bond motifs is 1. The first kappa shape index (κ1) is 22.5. The Hall–Kier alpha value is -2.78. The third kappa shape index (κ3) is 6.10. The normalized spacial score (nSPS) is 20.5. The zero-order chi connectivity index (χ0) is 21.7. The molecule has 2 atom stereocenters. The second-order valence-electron chi connectivity index (χ2n) is 8.33. The van der Waals surface area contributed by atoms with E-state index in [9.17, 15) is 15.2 Å². The number of ether oxygens (including phenoxy) is 3. The summed E-state index contributed by atoms with van der Waals surface area (Å²) in [5.74, 6) is 2.77. The van der Waals surface area contributed by atoms with E-state index in [-0.39, 0.29) is 13.2 Å². The summed E-state index contributed by atoms with van der Waals surface area (Å²) in [7, 11) is 0. The van der Waals surface area contributed by atoms with Gasteiger partial charge in [0.1, 0.15) is 47.6 Å². The molecule has 0 spiro atoms. The standard InChI is InChI=1S/C22H28N2O5/c1-21(2,3)28-16(14-27-10-6-9-25)13-24-19-17-11-15(12-23)7-8-18(17)29-22(4,5)20(19)26/h6-8,11,14,19-20,24,26H,10,13H2,1-5H3/t19-,20+/m0/s1. The van der Waals surface area contributed by atoms with Crippen molar-refractivity contribution in [2.45, 2.75) is 58.0 Å². The fourth-order valence-corrected chi connectivity index (χ4v) is 3.02. The van der Waals surface area contributed by atoms with Crippen LogP contribution in [0.4, 0.5) is 0 Å². The summed E-state index contributed by atoms with van der Waals surface area (Å²) in [6, 6.07) is 6.77. The fraction of sp³-hybridized carbons (Fsp3) is 0.500. The molecule has 1 aliphatic heterocycles. The molecule has 1 aliphatic rings. The number of hydrogen-bond donors (Lipinski definition) is 2. The first-order valence-corrected chi connectivity index (χ1v) is 9.41. The van der Waals surface area contributed by atoms with Crippen LogP contribution in [-0.2, 0) is 14.3 Å². The SMILES string of the molecule is CC(C)(C)OC(=COCC=C=O)CN[C@H]1c2cc(C#N)ccc2OC(C)(C)[C@@H]1O. The highest BCUT2D eigenvalue weighted by Crippen LogP contribution is 2.40. The minimum Gasteiger partial charge on any atom is -0.493 e. The predicted octanol–water partition coefficient (Wildman–Crippen LogP) is 2.78. The second kappa shape index (κ2) is 9.15. The lowest BCUT2D eigenvalue weighted by molar-refractivity contribution is -0.0652. The molecule has 7 heteroatoms. The molecule has 0 saturated carbocycles. The van der Waals surface area contributed by atoms with Crippen molar-refractivity contribution < 1.29 is 24.1 Å². The predicted molar refractivity (Wildman–Crippen MR) is 108 cm³/mol. The van der Waals surface area contributed by atoms with Gasteiger partial charge in [-0.05, 0) is 52.8 Å². The third-order valence-corrected chi connectivity index (χ3v) is 4.29. The summed E-state index contributed by atoms with van der Waals surface area (Å²) < 4.78 is 17.2. The fourth-order valence-electron chi connectivity index (χ4n) is 3.02. The van der Waals surface area contributed by atoms with Crippen LogP contribution in [0.5, 0.6) is 5.75 Å². The average Bonchev–Trinajstić information content (AvgIpc) is 2.63. The van der Waals surface area contributed by atoms with Crippen LogP contribution < -0.4 is 10.1 Å². The van der Waals surface area contributed by atoms with Gasteiger partial charge < -0.3 is 24.6 Å². The molecular formula is C22H28N2O5. The molecule has 2 rings (SSSR count). The number of nitrogens with one attached hydrogen (secondary N) is 1. The van der Waals surface area contributed by atoms with E-state index in [1.807, 2.05) is 34.6 Å². The molecule has 1 aromatic carbocycles. The summed E-state index contributed by atoms with van der Waals surface area (Å²) in [5.41, 5.74) is -0.0945. The maximum Gasteiger partial charge on any atom is 0.145 e. The Morgan fingerprint density at radius 2 is 2.14 bits per heavy atom. The Bertz CT molecular complexity index is 842. The number of aliphatic hydroxyl groups excluding tert-OH is 1. The molecule has 0 bridgehead atoms. The Labute approximate surface area is 171 Å². The van der Waals surface area contributed by atoms with E-state index in [1.54, 1.807) is 24.1 Å². The molecule has 0 unspecified atom stereocenters. The number of aliphatic hydroxyl groups is 1. The van der Waals surface area contributed by atoms with Crippen LogP contribution >= 0.6 is 0 Å². The van der Waals surface area contributed by atoms with E-state index in [1.165, 1.54) is 12.3 Å². The lowest BCUT2D eigenvalue weighted by Gasteiger charge is -2.42. The minimum atomic E-state index is -0.862. The molecule has 0 radical (unpaired) electrons. The first-order valence-electron chi connectivity index (χ1n) is 9.41. The third-order valence-electron chi connectivity index (χ3n) is 4.29. The molecule has 1 heterocycles. The van der Waals surface area contributed by atoms with Crippen molar-refractivity contribution in [2.75, 3.05) is 13.2 Å². The molecular weight excluding hydrogens is 372 g/mol. The van der Waals surface area contributed by atoms with E-state index in [4.69, 9.17) is 14.2 Å². The van der Waals surface area contributed by atoms with Crippen molar-refractivity contribution in [2.24, 2.45) is 0 Å². The Morgan fingerprint density at radius 1 is 1.41 bits per heavy atom. The summed E-state index contributed by atoms with van der Waals surface area (Å²) in [6.07, 6.45) is 1.80. The number of benzene rings is 1. The number of nitrogens with zero attached hydrogens (tertiary/aromatic N) is 1. The van der Waals surface area contributed by atoms with E-state index >= 15 is 0 Å². The van der Waals surface area contributed by atoms with E-state index in [2.05, 4.69) is 11.4 Å². The van der Waals surface area contributed by atoms with Crippen LogP contribution in [-0.4, -0.2) is 41.5 Å². The first-order chi connectivity index (χ1) is 13.6. The van der Waals surface area contributed by atoms with Gasteiger partial charge in [0.05, 0.1) is 24.2 Å². The van der Waals surface area contributed by atoms with Crippen LogP contribution in [0, 0.1) is 11.3 Å². The van der Waals surface area contributed by atoms with Gasteiger partial charge in [-0.15, -0.1) is 0 Å². The smallest absolute Gasteiger partial charge is 0.145 e. The zero-order valence-electron chi connectivity index (χ0n) is 17.5. The van der Waals surface area contributed by atoms with Gasteiger partial charge >= 0.3 is 0 Å². The summed E-state index contributed by atoms with van der Waals surface area (Å²) in [6.45, 7) is 9.70. The van der Waals surface area contributed by atoms with E-state index in [0.717, 1.165) is 0 Å². The summed E-state index contributed by atoms with van der Waals surface area (Å²) >= 11 is 0. The van der Waals surface area contributed by atoms with Crippen molar-refractivity contribution in [1.29, 1.82) is 5.26 Å². The monoisotopic (exact) mass is 400 g/mol. The maximum atomic E-state index is 10.9. The van der Waals surface area contributed by atoms with Crippen LogP contribution in [0.25, 0.3) is 0 Å². The minimum absolute atomic E-state index is 0.0851. The van der Waals surface area contributed by atoms with Gasteiger partial charge in [-0.1, -0.05) is 0 Å². The van der Waals surface area contributed by atoms with Crippen LogP contribution in [0.15, 0.2) is 36.3 Å². The van der Waals surface area contributed by atoms with Crippen LogP contribution in [0.3, 0.4) is 0 Å². The molecule has 0 amide bonds. The van der Waals surface area contributed by atoms with Crippen molar-refractivity contribution in [3.63, 3.8) is 0 Å². The summed E-state index contributed by atoms with van der Waals surface area (Å²) in [5, 5.41) is 23.4. The molecule has 0 aliphatic carbocycles. The Kier molecular flexibility index (Phi) is 7.10. The molecule has 2 N–H and O–H groups in total.